The first-order valence-electron chi connectivity index (χ1n) is 10.4. The van der Waals surface area contributed by atoms with Gasteiger partial charge in [0.25, 0.3) is 5.91 Å². The highest BCUT2D eigenvalue weighted by atomic mass is 32.2. The second kappa shape index (κ2) is 10.4. The van der Waals surface area contributed by atoms with Gasteiger partial charge in [-0.25, -0.2) is 13.1 Å². The van der Waals surface area contributed by atoms with Crippen LogP contribution < -0.4 is 9.46 Å². The van der Waals surface area contributed by atoms with Gasteiger partial charge < -0.3 is 9.64 Å². The summed E-state index contributed by atoms with van der Waals surface area (Å²) in [6.07, 6.45) is 0. The van der Waals surface area contributed by atoms with Crippen LogP contribution in [-0.4, -0.2) is 32.9 Å². The number of carbonyl (C=O) groups is 1. The number of nitrogens with zero attached hydrogens (tertiary/aromatic N) is 1. The minimum Gasteiger partial charge on any atom is -0.494 e. The highest BCUT2D eigenvalue weighted by Gasteiger charge is 2.21. The van der Waals surface area contributed by atoms with Gasteiger partial charge in [-0.1, -0.05) is 54.6 Å². The molecule has 0 saturated carbocycles. The number of sulfonamides is 1. The second-order valence-electron chi connectivity index (χ2n) is 7.49. The number of hydrogen-bond acceptors (Lipinski definition) is 4. The molecule has 0 fully saturated rings. The fourth-order valence-electron chi connectivity index (χ4n) is 3.35. The maximum atomic E-state index is 13.1. The van der Waals surface area contributed by atoms with Crippen LogP contribution >= 0.6 is 0 Å². The summed E-state index contributed by atoms with van der Waals surface area (Å²) < 4.78 is 34.1. The zero-order valence-corrected chi connectivity index (χ0v) is 19.4. The van der Waals surface area contributed by atoms with Gasteiger partial charge in [-0.3, -0.25) is 4.79 Å². The van der Waals surface area contributed by atoms with E-state index in [4.69, 9.17) is 4.74 Å². The number of nitrogens with one attached hydrogen (secondary N) is 1. The summed E-state index contributed by atoms with van der Waals surface area (Å²) in [7, 11) is -2.10. The molecule has 6 nitrogen and oxygen atoms in total. The molecule has 7 heteroatoms. The Morgan fingerprint density at radius 3 is 2.41 bits per heavy atom. The standard InChI is InChI=1S/C25H28N2O4S/c1-4-31-23-13-9-8-12-22(23)18-27(3)25(28)21-15-14-19(2)24(16-21)32(29,30)26-17-20-10-6-5-7-11-20/h5-16,26H,4,17-18H2,1-3H3. The number of hydrogen-bond donors (Lipinski definition) is 1. The van der Waals surface area contributed by atoms with E-state index < -0.39 is 10.0 Å². The van der Waals surface area contributed by atoms with Crippen LogP contribution in [0, 0.1) is 6.92 Å². The molecule has 0 saturated heterocycles. The average molecular weight is 453 g/mol. The molecule has 0 aliphatic rings. The van der Waals surface area contributed by atoms with E-state index in [1.165, 1.54) is 6.07 Å². The largest absolute Gasteiger partial charge is 0.494 e. The van der Waals surface area contributed by atoms with Crippen molar-refractivity contribution >= 4 is 15.9 Å². The van der Waals surface area contributed by atoms with Gasteiger partial charge in [0.2, 0.25) is 10.0 Å². The number of benzene rings is 3. The lowest BCUT2D eigenvalue weighted by atomic mass is 10.1. The lowest BCUT2D eigenvalue weighted by Gasteiger charge is -2.20. The lowest BCUT2D eigenvalue weighted by Crippen LogP contribution is -2.28. The number of rotatable bonds is 9. The van der Waals surface area contributed by atoms with Gasteiger partial charge >= 0.3 is 0 Å². The molecule has 0 aromatic heterocycles. The van der Waals surface area contributed by atoms with E-state index in [9.17, 15) is 13.2 Å². The molecular formula is C25H28N2O4S. The van der Waals surface area contributed by atoms with Gasteiger partial charge in [0, 0.05) is 31.3 Å². The zero-order valence-electron chi connectivity index (χ0n) is 18.5. The fourth-order valence-corrected chi connectivity index (χ4v) is 4.64. The summed E-state index contributed by atoms with van der Waals surface area (Å²) in [6.45, 7) is 4.68. The Bertz CT molecular complexity index is 1180. The van der Waals surface area contributed by atoms with Gasteiger partial charge in [-0.05, 0) is 43.2 Å². The Kier molecular flexibility index (Phi) is 7.66. The van der Waals surface area contributed by atoms with E-state index in [0.717, 1.165) is 16.9 Å². The molecule has 3 aromatic carbocycles. The van der Waals surface area contributed by atoms with Crippen LogP contribution in [0.25, 0.3) is 0 Å². The van der Waals surface area contributed by atoms with Gasteiger partial charge in [-0.15, -0.1) is 0 Å². The predicted molar refractivity (Wildman–Crippen MR) is 125 cm³/mol. The molecule has 1 N–H and O–H groups in total. The summed E-state index contributed by atoms with van der Waals surface area (Å²) in [5.74, 6) is 0.461. The lowest BCUT2D eigenvalue weighted by molar-refractivity contribution is 0.0783. The van der Waals surface area contributed by atoms with Gasteiger partial charge in [-0.2, -0.15) is 0 Å². The third-order valence-corrected chi connectivity index (χ3v) is 6.60. The van der Waals surface area contributed by atoms with Crippen LogP contribution in [0.2, 0.25) is 0 Å². The minimum atomic E-state index is -3.78. The highest BCUT2D eigenvalue weighted by molar-refractivity contribution is 7.89. The van der Waals surface area contributed by atoms with Crippen molar-refractivity contribution in [1.82, 2.24) is 9.62 Å². The summed E-state index contributed by atoms with van der Waals surface area (Å²) in [4.78, 5) is 14.7. The number of amides is 1. The van der Waals surface area contributed by atoms with Crippen molar-refractivity contribution in [1.29, 1.82) is 0 Å². The smallest absolute Gasteiger partial charge is 0.253 e. The van der Waals surface area contributed by atoms with Crippen LogP contribution in [0.3, 0.4) is 0 Å². The van der Waals surface area contributed by atoms with E-state index in [1.807, 2.05) is 61.5 Å². The van der Waals surface area contributed by atoms with Crippen LogP contribution in [-0.2, 0) is 23.1 Å². The Balaban J connectivity index is 1.79. The molecular weight excluding hydrogens is 424 g/mol. The summed E-state index contributed by atoms with van der Waals surface area (Å²) >= 11 is 0. The molecule has 3 rings (SSSR count). The van der Waals surface area contributed by atoms with Crippen molar-refractivity contribution in [2.45, 2.75) is 31.8 Å². The first-order valence-corrected chi connectivity index (χ1v) is 11.9. The van der Waals surface area contributed by atoms with Crippen LogP contribution in [0.4, 0.5) is 0 Å². The maximum absolute atomic E-state index is 13.1. The van der Waals surface area contributed by atoms with Crippen molar-refractivity contribution in [3.8, 4) is 5.75 Å². The molecule has 3 aromatic rings. The van der Waals surface area contributed by atoms with Crippen molar-refractivity contribution in [2.75, 3.05) is 13.7 Å². The molecule has 0 radical (unpaired) electrons. The Morgan fingerprint density at radius 2 is 1.69 bits per heavy atom. The first kappa shape index (κ1) is 23.5. The molecule has 168 valence electrons. The monoisotopic (exact) mass is 452 g/mol. The minimum absolute atomic E-state index is 0.0994. The van der Waals surface area contributed by atoms with E-state index in [1.54, 1.807) is 31.0 Å². The fraction of sp³-hybridized carbons (Fsp3) is 0.240. The number of aryl methyl sites for hydroxylation is 1. The van der Waals surface area contributed by atoms with Crippen molar-refractivity contribution in [3.05, 3.63) is 95.1 Å². The molecule has 0 aliphatic heterocycles. The Labute approximate surface area is 189 Å². The van der Waals surface area contributed by atoms with Crippen LogP contribution in [0.1, 0.15) is 34.0 Å². The second-order valence-corrected chi connectivity index (χ2v) is 9.23. The molecule has 0 aliphatic carbocycles. The topological polar surface area (TPSA) is 75.7 Å². The quantitative estimate of drug-likeness (QED) is 0.529. The summed E-state index contributed by atoms with van der Waals surface area (Å²) in [6, 6.07) is 21.6. The van der Waals surface area contributed by atoms with E-state index in [2.05, 4.69) is 4.72 Å². The normalized spacial score (nSPS) is 11.2. The molecule has 0 unspecified atom stereocenters. The number of carbonyl (C=O) groups excluding carboxylic acids is 1. The highest BCUT2D eigenvalue weighted by Crippen LogP contribution is 2.22. The third-order valence-electron chi connectivity index (χ3n) is 5.06. The number of ether oxygens (including phenoxy) is 1. The predicted octanol–water partition coefficient (Wildman–Crippen LogP) is 4.14. The Hall–Kier alpha value is -3.16. The molecule has 0 heterocycles. The maximum Gasteiger partial charge on any atom is 0.253 e. The molecule has 0 spiro atoms. The summed E-state index contributed by atoms with van der Waals surface area (Å²) in [5, 5.41) is 0. The van der Waals surface area contributed by atoms with Crippen molar-refractivity contribution < 1.29 is 17.9 Å². The first-order chi connectivity index (χ1) is 15.3. The molecule has 0 bridgehead atoms. The van der Waals surface area contributed by atoms with Crippen LogP contribution in [0.15, 0.2) is 77.7 Å². The van der Waals surface area contributed by atoms with Gasteiger partial charge in [0.05, 0.1) is 11.5 Å². The van der Waals surface area contributed by atoms with Crippen molar-refractivity contribution in [3.63, 3.8) is 0 Å². The van der Waals surface area contributed by atoms with E-state index in [-0.39, 0.29) is 17.3 Å². The molecule has 32 heavy (non-hydrogen) atoms. The van der Waals surface area contributed by atoms with E-state index >= 15 is 0 Å². The average Bonchev–Trinajstić information content (AvgIpc) is 2.79. The third kappa shape index (κ3) is 5.75. The number of para-hydroxylation sites is 1. The summed E-state index contributed by atoms with van der Waals surface area (Å²) in [5.41, 5.74) is 2.63. The molecule has 0 atom stereocenters. The van der Waals surface area contributed by atoms with Crippen molar-refractivity contribution in [2.24, 2.45) is 0 Å². The molecule has 1 amide bonds. The SMILES string of the molecule is CCOc1ccccc1CN(C)C(=O)c1ccc(C)c(S(=O)(=O)NCc2ccccc2)c1. The zero-order chi connectivity index (χ0) is 23.1. The van der Waals surface area contributed by atoms with Crippen LogP contribution in [0.5, 0.6) is 5.75 Å². The Morgan fingerprint density at radius 1 is 1.00 bits per heavy atom. The van der Waals surface area contributed by atoms with Gasteiger partial charge in [0.15, 0.2) is 0 Å². The van der Waals surface area contributed by atoms with Gasteiger partial charge in [0.1, 0.15) is 5.75 Å². The van der Waals surface area contributed by atoms with E-state index in [0.29, 0.717) is 24.3 Å².